The van der Waals surface area contributed by atoms with Crippen LogP contribution in [0, 0.1) is 0 Å². The van der Waals surface area contributed by atoms with Gasteiger partial charge < -0.3 is 5.32 Å². The monoisotopic (exact) mass is 263 g/mol. The molecular formula is C14H21N3S. The molecule has 0 aliphatic carbocycles. The molecule has 0 spiro atoms. The van der Waals surface area contributed by atoms with Gasteiger partial charge in [0, 0.05) is 34.6 Å². The van der Waals surface area contributed by atoms with Crippen molar-refractivity contribution in [3.8, 4) is 10.4 Å². The van der Waals surface area contributed by atoms with E-state index in [1.165, 1.54) is 21.0 Å². The summed E-state index contributed by atoms with van der Waals surface area (Å²) in [5, 5.41) is 7.85. The maximum Gasteiger partial charge on any atom is 0.0736 e. The van der Waals surface area contributed by atoms with Crippen molar-refractivity contribution in [1.29, 1.82) is 0 Å². The van der Waals surface area contributed by atoms with Crippen molar-refractivity contribution in [1.82, 2.24) is 15.1 Å². The summed E-state index contributed by atoms with van der Waals surface area (Å²) < 4.78 is 1.91. The fourth-order valence-electron chi connectivity index (χ4n) is 1.99. The molecule has 3 nitrogen and oxygen atoms in total. The lowest BCUT2D eigenvalue weighted by molar-refractivity contribution is 0.664. The molecule has 0 bridgehead atoms. The van der Waals surface area contributed by atoms with Crippen LogP contribution >= 0.6 is 11.3 Å². The minimum Gasteiger partial charge on any atom is -0.313 e. The van der Waals surface area contributed by atoms with E-state index in [2.05, 4.69) is 49.5 Å². The maximum atomic E-state index is 4.57. The number of nitrogens with zero attached hydrogens (tertiary/aromatic N) is 2. The maximum absolute atomic E-state index is 4.57. The molecule has 2 heterocycles. The summed E-state index contributed by atoms with van der Waals surface area (Å²) in [4.78, 5) is 2.68. The van der Waals surface area contributed by atoms with E-state index in [4.69, 9.17) is 0 Å². The third-order valence-corrected chi connectivity index (χ3v) is 4.46. The standard InChI is InChI=1S/C14H21N3S/c1-9(2)14-11(8-17(5)16-14)13-7-6-12(18-13)10(3)15-4/h6-10,15H,1-5H3. The highest BCUT2D eigenvalue weighted by molar-refractivity contribution is 7.15. The van der Waals surface area contributed by atoms with Crippen LogP contribution in [-0.2, 0) is 7.05 Å². The Bertz CT molecular complexity index is 525. The summed E-state index contributed by atoms with van der Waals surface area (Å²) >= 11 is 1.85. The average Bonchev–Trinajstić information content (AvgIpc) is 2.93. The number of rotatable bonds is 4. The Morgan fingerprint density at radius 2 is 2.00 bits per heavy atom. The molecule has 0 saturated heterocycles. The Morgan fingerprint density at radius 3 is 2.61 bits per heavy atom. The normalized spacial score (nSPS) is 13.2. The van der Waals surface area contributed by atoms with Crippen molar-refractivity contribution in [2.75, 3.05) is 7.05 Å². The lowest BCUT2D eigenvalue weighted by atomic mass is 10.1. The first-order valence-corrected chi connectivity index (χ1v) is 7.15. The third kappa shape index (κ3) is 2.49. The number of thiophene rings is 1. The lowest BCUT2D eigenvalue weighted by Gasteiger charge is -2.06. The molecule has 0 saturated carbocycles. The second kappa shape index (κ2) is 5.24. The van der Waals surface area contributed by atoms with E-state index in [0.717, 1.165) is 0 Å². The first-order valence-electron chi connectivity index (χ1n) is 6.33. The van der Waals surface area contributed by atoms with Gasteiger partial charge in [-0.15, -0.1) is 11.3 Å². The minimum absolute atomic E-state index is 0.405. The first-order chi connectivity index (χ1) is 8.52. The molecule has 0 aliphatic heterocycles. The van der Waals surface area contributed by atoms with E-state index in [1.807, 2.05) is 30.1 Å². The van der Waals surface area contributed by atoms with E-state index in [9.17, 15) is 0 Å². The number of aromatic nitrogens is 2. The molecule has 0 aliphatic rings. The van der Waals surface area contributed by atoms with Gasteiger partial charge in [-0.3, -0.25) is 4.68 Å². The molecular weight excluding hydrogens is 242 g/mol. The van der Waals surface area contributed by atoms with Crippen LogP contribution in [0.5, 0.6) is 0 Å². The lowest BCUT2D eigenvalue weighted by Crippen LogP contribution is -2.10. The molecule has 1 atom stereocenters. The highest BCUT2D eigenvalue weighted by Gasteiger charge is 2.15. The van der Waals surface area contributed by atoms with Gasteiger partial charge >= 0.3 is 0 Å². The summed E-state index contributed by atoms with van der Waals surface area (Å²) in [5.41, 5.74) is 2.45. The van der Waals surface area contributed by atoms with Gasteiger partial charge in [-0.05, 0) is 32.0 Å². The van der Waals surface area contributed by atoms with Crippen LogP contribution in [0.15, 0.2) is 18.3 Å². The van der Waals surface area contributed by atoms with Crippen LogP contribution in [0.2, 0.25) is 0 Å². The Hall–Kier alpha value is -1.13. The van der Waals surface area contributed by atoms with Crippen molar-refractivity contribution in [3.05, 3.63) is 28.9 Å². The first kappa shape index (κ1) is 13.3. The Balaban J connectivity index is 2.39. The van der Waals surface area contributed by atoms with Crippen LogP contribution in [0.3, 0.4) is 0 Å². The Labute approximate surface area is 113 Å². The molecule has 18 heavy (non-hydrogen) atoms. The van der Waals surface area contributed by atoms with E-state index < -0.39 is 0 Å². The quantitative estimate of drug-likeness (QED) is 0.914. The Kier molecular flexibility index (Phi) is 3.88. The second-order valence-electron chi connectivity index (χ2n) is 4.97. The van der Waals surface area contributed by atoms with Crippen LogP contribution in [0.25, 0.3) is 10.4 Å². The topological polar surface area (TPSA) is 29.9 Å². The molecule has 98 valence electrons. The van der Waals surface area contributed by atoms with Gasteiger partial charge in [-0.2, -0.15) is 5.10 Å². The van der Waals surface area contributed by atoms with Crippen molar-refractivity contribution in [3.63, 3.8) is 0 Å². The van der Waals surface area contributed by atoms with Crippen molar-refractivity contribution >= 4 is 11.3 Å². The average molecular weight is 263 g/mol. The molecule has 0 aromatic carbocycles. The van der Waals surface area contributed by atoms with E-state index in [-0.39, 0.29) is 0 Å². The van der Waals surface area contributed by atoms with E-state index >= 15 is 0 Å². The number of aryl methyl sites for hydroxylation is 1. The van der Waals surface area contributed by atoms with Gasteiger partial charge in [0.25, 0.3) is 0 Å². The van der Waals surface area contributed by atoms with Gasteiger partial charge in [0.1, 0.15) is 0 Å². The highest BCUT2D eigenvalue weighted by atomic mass is 32.1. The zero-order chi connectivity index (χ0) is 13.3. The fourth-order valence-corrected chi connectivity index (χ4v) is 3.08. The second-order valence-corrected chi connectivity index (χ2v) is 6.08. The fraction of sp³-hybridized carbons (Fsp3) is 0.500. The number of nitrogens with one attached hydrogen (secondary N) is 1. The summed E-state index contributed by atoms with van der Waals surface area (Å²) in [7, 11) is 3.98. The van der Waals surface area contributed by atoms with Crippen LogP contribution < -0.4 is 5.32 Å². The molecule has 1 unspecified atom stereocenters. The van der Waals surface area contributed by atoms with E-state index in [0.29, 0.717) is 12.0 Å². The molecule has 0 amide bonds. The van der Waals surface area contributed by atoms with Gasteiger partial charge in [0.2, 0.25) is 0 Å². The molecule has 2 aromatic rings. The van der Waals surface area contributed by atoms with Crippen molar-refractivity contribution in [2.45, 2.75) is 32.7 Å². The molecule has 4 heteroatoms. The minimum atomic E-state index is 0.405. The van der Waals surface area contributed by atoms with Crippen LogP contribution in [0.4, 0.5) is 0 Å². The van der Waals surface area contributed by atoms with Gasteiger partial charge in [-0.1, -0.05) is 13.8 Å². The number of hydrogen-bond donors (Lipinski definition) is 1. The predicted molar refractivity (Wildman–Crippen MR) is 78.1 cm³/mol. The summed E-state index contributed by atoms with van der Waals surface area (Å²) in [6.45, 7) is 6.56. The molecule has 1 N–H and O–H groups in total. The smallest absolute Gasteiger partial charge is 0.0736 e. The largest absolute Gasteiger partial charge is 0.313 e. The zero-order valence-corrected chi connectivity index (χ0v) is 12.5. The molecule has 0 radical (unpaired) electrons. The Morgan fingerprint density at radius 1 is 1.28 bits per heavy atom. The van der Waals surface area contributed by atoms with Gasteiger partial charge in [0.05, 0.1) is 5.69 Å². The number of hydrogen-bond acceptors (Lipinski definition) is 3. The van der Waals surface area contributed by atoms with Gasteiger partial charge in [-0.25, -0.2) is 0 Å². The molecule has 2 aromatic heterocycles. The SMILES string of the molecule is CNC(C)c1ccc(-c2cn(C)nc2C(C)C)s1. The highest BCUT2D eigenvalue weighted by Crippen LogP contribution is 2.35. The van der Waals surface area contributed by atoms with Crippen LogP contribution in [0.1, 0.15) is 43.3 Å². The van der Waals surface area contributed by atoms with E-state index in [1.54, 1.807) is 0 Å². The van der Waals surface area contributed by atoms with Crippen molar-refractivity contribution < 1.29 is 0 Å². The third-order valence-electron chi connectivity index (χ3n) is 3.16. The van der Waals surface area contributed by atoms with Crippen molar-refractivity contribution in [2.24, 2.45) is 7.05 Å². The molecule has 2 rings (SSSR count). The predicted octanol–water partition coefficient (Wildman–Crippen LogP) is 3.55. The van der Waals surface area contributed by atoms with Crippen LogP contribution in [-0.4, -0.2) is 16.8 Å². The summed E-state index contributed by atoms with van der Waals surface area (Å²) in [6.07, 6.45) is 2.12. The molecule has 0 fully saturated rings. The zero-order valence-electron chi connectivity index (χ0n) is 11.7. The summed E-state index contributed by atoms with van der Waals surface area (Å²) in [5.74, 6) is 0.452. The summed E-state index contributed by atoms with van der Waals surface area (Å²) in [6, 6.07) is 4.82. The van der Waals surface area contributed by atoms with Gasteiger partial charge in [0.15, 0.2) is 0 Å².